The minimum absolute atomic E-state index is 0.0934. The highest BCUT2D eigenvalue weighted by Gasteiger charge is 2.61. The van der Waals surface area contributed by atoms with Crippen molar-refractivity contribution in [1.29, 1.82) is 0 Å². The van der Waals surface area contributed by atoms with Crippen LogP contribution in [0.15, 0.2) is 0 Å². The SMILES string of the molecule is O=C(O)C1(I)CC(I)(C(=O)O)CC(I)(C(=O)O)C1. The van der Waals surface area contributed by atoms with E-state index >= 15 is 0 Å². The summed E-state index contributed by atoms with van der Waals surface area (Å²) in [5.74, 6) is -3.52. The van der Waals surface area contributed by atoms with E-state index in [1.165, 1.54) is 0 Å². The van der Waals surface area contributed by atoms with E-state index in [9.17, 15) is 29.7 Å². The molecule has 1 aliphatic rings. The topological polar surface area (TPSA) is 112 Å². The van der Waals surface area contributed by atoms with Gasteiger partial charge in [-0.3, -0.25) is 14.4 Å². The molecular weight excluding hydrogens is 585 g/mol. The highest BCUT2D eigenvalue weighted by atomic mass is 127. The Bertz CT molecular complexity index is 353. The van der Waals surface area contributed by atoms with Crippen molar-refractivity contribution in [3.05, 3.63) is 0 Å². The van der Waals surface area contributed by atoms with Crippen molar-refractivity contribution in [1.82, 2.24) is 0 Å². The van der Waals surface area contributed by atoms with Gasteiger partial charge in [0.2, 0.25) is 0 Å². The third kappa shape index (κ3) is 3.02. The van der Waals surface area contributed by atoms with Crippen LogP contribution >= 0.6 is 67.8 Å². The molecule has 1 rings (SSSR count). The molecule has 0 atom stereocenters. The fourth-order valence-corrected chi connectivity index (χ4v) is 8.07. The summed E-state index contributed by atoms with van der Waals surface area (Å²) in [5, 5.41) is 27.7. The monoisotopic (exact) mass is 594 g/mol. The molecule has 6 nitrogen and oxygen atoms in total. The van der Waals surface area contributed by atoms with Crippen LogP contribution in [0.5, 0.6) is 0 Å². The first kappa shape index (κ1) is 16.7. The number of rotatable bonds is 3. The zero-order chi connectivity index (χ0) is 14.4. The maximum Gasteiger partial charge on any atom is 0.319 e. The fourth-order valence-electron chi connectivity index (χ4n) is 1.97. The molecular formula is C9H9I3O6. The number of carbonyl (C=O) groups is 3. The number of carboxylic acid groups (broad SMARTS) is 3. The molecule has 0 bridgehead atoms. The van der Waals surface area contributed by atoms with E-state index < -0.39 is 28.2 Å². The molecule has 0 heterocycles. The molecule has 102 valence electrons. The highest BCUT2D eigenvalue weighted by Crippen LogP contribution is 2.54. The number of carboxylic acids is 3. The third-order valence-corrected chi connectivity index (χ3v) is 6.50. The lowest BCUT2D eigenvalue weighted by Crippen LogP contribution is -2.57. The van der Waals surface area contributed by atoms with Crippen LogP contribution in [0.3, 0.4) is 0 Å². The molecule has 1 fully saturated rings. The van der Waals surface area contributed by atoms with E-state index in [2.05, 4.69) is 0 Å². The Balaban J connectivity index is 3.28. The maximum absolute atomic E-state index is 11.3. The minimum Gasteiger partial charge on any atom is -0.480 e. The largest absolute Gasteiger partial charge is 0.480 e. The van der Waals surface area contributed by atoms with Gasteiger partial charge in [0.1, 0.15) is 10.3 Å². The standard InChI is InChI=1S/C9H9I3O6/c10-7(4(13)14)1-8(11,5(15)16)3-9(12,2-7)6(17)18/h1-3H2,(H,13,14)(H,15,16)(H,17,18). The molecule has 9 heteroatoms. The normalized spacial score (nSPS) is 40.2. The lowest BCUT2D eigenvalue weighted by molar-refractivity contribution is -0.146. The zero-order valence-corrected chi connectivity index (χ0v) is 15.3. The van der Waals surface area contributed by atoms with E-state index in [-0.39, 0.29) is 19.3 Å². The average molecular weight is 594 g/mol. The van der Waals surface area contributed by atoms with Crippen LogP contribution in [0.4, 0.5) is 0 Å². The van der Waals surface area contributed by atoms with Crippen LogP contribution in [0.2, 0.25) is 0 Å². The van der Waals surface area contributed by atoms with Crippen LogP contribution in [0.1, 0.15) is 19.3 Å². The van der Waals surface area contributed by atoms with Gasteiger partial charge in [0.25, 0.3) is 0 Å². The summed E-state index contributed by atoms with van der Waals surface area (Å²) in [5.41, 5.74) is 0. The second kappa shape index (κ2) is 5.18. The summed E-state index contributed by atoms with van der Waals surface area (Å²) in [6, 6.07) is 0. The lowest BCUT2D eigenvalue weighted by Gasteiger charge is -2.44. The molecule has 0 aromatic rings. The average Bonchev–Trinajstić information content (AvgIpc) is 2.14. The molecule has 0 aromatic heterocycles. The van der Waals surface area contributed by atoms with Crippen LogP contribution in [0.25, 0.3) is 0 Å². The second-order valence-electron chi connectivity index (χ2n) is 4.34. The molecule has 3 N–H and O–H groups in total. The lowest BCUT2D eigenvalue weighted by atomic mass is 9.75. The molecule has 0 saturated heterocycles. The quantitative estimate of drug-likeness (QED) is 0.341. The number of alkyl halides is 3. The molecule has 0 spiro atoms. The first-order valence-corrected chi connectivity index (χ1v) is 7.96. The van der Waals surface area contributed by atoms with Crippen LogP contribution in [-0.2, 0) is 14.4 Å². The first-order valence-electron chi connectivity index (χ1n) is 4.72. The molecule has 1 saturated carbocycles. The highest BCUT2D eigenvalue weighted by molar-refractivity contribution is 14.1. The van der Waals surface area contributed by atoms with Gasteiger partial charge in [-0.15, -0.1) is 0 Å². The van der Waals surface area contributed by atoms with Crippen molar-refractivity contribution in [2.24, 2.45) is 0 Å². The van der Waals surface area contributed by atoms with E-state index in [0.717, 1.165) is 0 Å². The van der Waals surface area contributed by atoms with Gasteiger partial charge in [-0.2, -0.15) is 0 Å². The Hall–Kier alpha value is 0.600. The Labute approximate surface area is 143 Å². The van der Waals surface area contributed by atoms with Gasteiger partial charge in [0.15, 0.2) is 0 Å². The summed E-state index contributed by atoms with van der Waals surface area (Å²) in [6.07, 6.45) is -0.280. The molecule has 0 unspecified atom stereocenters. The van der Waals surface area contributed by atoms with Gasteiger partial charge in [0.05, 0.1) is 0 Å². The van der Waals surface area contributed by atoms with Crippen LogP contribution in [0, 0.1) is 0 Å². The zero-order valence-electron chi connectivity index (χ0n) is 8.82. The smallest absolute Gasteiger partial charge is 0.319 e. The molecule has 0 aliphatic heterocycles. The van der Waals surface area contributed by atoms with Gasteiger partial charge in [0, 0.05) is 0 Å². The Morgan fingerprint density at radius 1 is 0.667 bits per heavy atom. The molecule has 0 radical (unpaired) electrons. The van der Waals surface area contributed by atoms with Gasteiger partial charge >= 0.3 is 17.9 Å². The van der Waals surface area contributed by atoms with Gasteiger partial charge in [-0.05, 0) is 19.3 Å². The minimum atomic E-state index is -1.38. The predicted molar refractivity (Wildman–Crippen MR) is 87.0 cm³/mol. The van der Waals surface area contributed by atoms with Gasteiger partial charge in [-0.25, -0.2) is 0 Å². The fraction of sp³-hybridized carbons (Fsp3) is 0.667. The second-order valence-corrected chi connectivity index (χ2v) is 10.5. The molecule has 1 aliphatic carbocycles. The molecule has 0 aromatic carbocycles. The summed E-state index contributed by atoms with van der Waals surface area (Å²) in [6.45, 7) is 0. The summed E-state index contributed by atoms with van der Waals surface area (Å²) in [4.78, 5) is 33.9. The van der Waals surface area contributed by atoms with Gasteiger partial charge < -0.3 is 15.3 Å². The molecule has 18 heavy (non-hydrogen) atoms. The van der Waals surface area contributed by atoms with Gasteiger partial charge in [-0.1, -0.05) is 67.8 Å². The van der Waals surface area contributed by atoms with Crippen LogP contribution in [-0.4, -0.2) is 43.5 Å². The van der Waals surface area contributed by atoms with Crippen LogP contribution < -0.4 is 0 Å². The van der Waals surface area contributed by atoms with Crippen molar-refractivity contribution in [2.45, 2.75) is 29.5 Å². The van der Waals surface area contributed by atoms with Crippen molar-refractivity contribution >= 4 is 85.7 Å². The summed E-state index contributed by atoms with van der Waals surface area (Å²) >= 11 is 4.98. The number of hydrogen-bond acceptors (Lipinski definition) is 3. The Morgan fingerprint density at radius 3 is 0.944 bits per heavy atom. The van der Waals surface area contributed by atoms with E-state index in [1.54, 1.807) is 67.8 Å². The number of halogens is 3. The summed E-state index contributed by atoms with van der Waals surface area (Å²) < 4.78 is -4.14. The Kier molecular flexibility index (Phi) is 4.79. The van der Waals surface area contributed by atoms with E-state index in [4.69, 9.17) is 0 Å². The van der Waals surface area contributed by atoms with Crippen molar-refractivity contribution in [3.63, 3.8) is 0 Å². The summed E-state index contributed by atoms with van der Waals surface area (Å²) in [7, 11) is 0. The first-order chi connectivity index (χ1) is 7.95. The Morgan fingerprint density at radius 2 is 0.833 bits per heavy atom. The van der Waals surface area contributed by atoms with Crippen molar-refractivity contribution in [2.75, 3.05) is 0 Å². The molecule has 0 amide bonds. The van der Waals surface area contributed by atoms with Crippen molar-refractivity contribution in [3.8, 4) is 0 Å². The number of aliphatic carboxylic acids is 3. The van der Waals surface area contributed by atoms with E-state index in [0.29, 0.717) is 0 Å². The maximum atomic E-state index is 11.3. The number of hydrogen-bond donors (Lipinski definition) is 3. The predicted octanol–water partition coefficient (Wildman–Crippen LogP) is 1.95. The van der Waals surface area contributed by atoms with E-state index in [1.807, 2.05) is 0 Å². The van der Waals surface area contributed by atoms with Crippen molar-refractivity contribution < 1.29 is 29.7 Å². The third-order valence-electron chi connectivity index (χ3n) is 2.83.